The number of fused-ring (bicyclic) bond motifs is 1. The minimum absolute atomic E-state index is 0.923. The first-order valence-corrected chi connectivity index (χ1v) is 7.12. The Morgan fingerprint density at radius 1 is 1.22 bits per heavy atom. The Morgan fingerprint density at radius 3 is 3.00 bits per heavy atom. The highest BCUT2D eigenvalue weighted by atomic mass is 32.2. The van der Waals surface area contributed by atoms with Gasteiger partial charge in [0.05, 0.1) is 11.2 Å². The summed E-state index contributed by atoms with van der Waals surface area (Å²) in [6, 6.07) is 10.3. The second kappa shape index (κ2) is 4.98. The predicted octanol–water partition coefficient (Wildman–Crippen LogP) is 3.45. The molecule has 2 heterocycles. The number of thioether (sulfide) groups is 1. The van der Waals surface area contributed by atoms with Crippen molar-refractivity contribution in [1.82, 2.24) is 4.98 Å². The van der Waals surface area contributed by atoms with E-state index in [0.29, 0.717) is 0 Å². The second-order valence-corrected chi connectivity index (χ2v) is 5.43. The number of para-hydroxylation sites is 1. The van der Waals surface area contributed by atoms with Crippen molar-refractivity contribution in [3.05, 3.63) is 36.0 Å². The zero-order valence-electron chi connectivity index (χ0n) is 10.3. The molecule has 0 amide bonds. The smallest absolute Gasteiger partial charge is 0.161 e. The fourth-order valence-corrected chi connectivity index (χ4v) is 2.83. The number of benzene rings is 1. The van der Waals surface area contributed by atoms with Crippen molar-refractivity contribution in [2.45, 2.75) is 13.3 Å². The Morgan fingerprint density at radius 2 is 2.17 bits per heavy atom. The fourth-order valence-electron chi connectivity index (χ4n) is 2.00. The maximum atomic E-state index is 4.61. The van der Waals surface area contributed by atoms with E-state index in [2.05, 4.69) is 39.6 Å². The van der Waals surface area contributed by atoms with Gasteiger partial charge in [0, 0.05) is 23.4 Å². The van der Waals surface area contributed by atoms with Crippen LogP contribution in [0.15, 0.2) is 35.3 Å². The van der Waals surface area contributed by atoms with Crippen LogP contribution in [0.2, 0.25) is 0 Å². The first-order chi connectivity index (χ1) is 8.83. The van der Waals surface area contributed by atoms with Gasteiger partial charge in [0.15, 0.2) is 5.17 Å². The number of nitrogens with one attached hydrogen (secondary N) is 1. The van der Waals surface area contributed by atoms with E-state index in [9.17, 15) is 0 Å². The number of aliphatic imine (C=N–C) groups is 1. The van der Waals surface area contributed by atoms with E-state index in [0.717, 1.165) is 39.7 Å². The van der Waals surface area contributed by atoms with E-state index in [1.54, 1.807) is 11.8 Å². The lowest BCUT2D eigenvalue weighted by atomic mass is 10.2. The summed E-state index contributed by atoms with van der Waals surface area (Å²) in [4.78, 5) is 9.11. The van der Waals surface area contributed by atoms with Crippen molar-refractivity contribution in [1.29, 1.82) is 0 Å². The molecule has 1 aromatic heterocycles. The van der Waals surface area contributed by atoms with Crippen molar-refractivity contribution < 1.29 is 0 Å². The van der Waals surface area contributed by atoms with Gasteiger partial charge in [-0.1, -0.05) is 30.0 Å². The Hall–Kier alpha value is -1.55. The molecule has 2 aromatic rings. The number of nitrogens with zero attached hydrogens (tertiary/aromatic N) is 2. The third-order valence-electron chi connectivity index (χ3n) is 2.90. The molecule has 3 nitrogen and oxygen atoms in total. The molecule has 1 N–H and O–H groups in total. The van der Waals surface area contributed by atoms with Crippen LogP contribution in [0.1, 0.15) is 12.1 Å². The molecular formula is C14H15N3S. The van der Waals surface area contributed by atoms with Gasteiger partial charge >= 0.3 is 0 Å². The van der Waals surface area contributed by atoms with Crippen molar-refractivity contribution in [3.8, 4) is 0 Å². The third-order valence-corrected chi connectivity index (χ3v) is 3.90. The van der Waals surface area contributed by atoms with Crippen LogP contribution in [0.3, 0.4) is 0 Å². The maximum absolute atomic E-state index is 4.61. The Labute approximate surface area is 111 Å². The molecule has 18 heavy (non-hydrogen) atoms. The van der Waals surface area contributed by atoms with Crippen LogP contribution in [0, 0.1) is 6.92 Å². The SMILES string of the molecule is Cc1ccc2cccc(NC3=NCCCS3)c2n1. The summed E-state index contributed by atoms with van der Waals surface area (Å²) in [6.45, 7) is 2.94. The summed E-state index contributed by atoms with van der Waals surface area (Å²) >= 11 is 1.78. The molecule has 0 saturated carbocycles. The van der Waals surface area contributed by atoms with Gasteiger partial charge in [0.2, 0.25) is 0 Å². The Bertz CT molecular complexity index is 607. The van der Waals surface area contributed by atoms with E-state index in [4.69, 9.17) is 0 Å². The van der Waals surface area contributed by atoms with Crippen LogP contribution in [0.5, 0.6) is 0 Å². The van der Waals surface area contributed by atoms with Gasteiger partial charge < -0.3 is 5.32 Å². The maximum Gasteiger partial charge on any atom is 0.161 e. The zero-order valence-corrected chi connectivity index (χ0v) is 11.1. The predicted molar refractivity (Wildman–Crippen MR) is 79.5 cm³/mol. The monoisotopic (exact) mass is 257 g/mol. The molecule has 1 aliphatic rings. The van der Waals surface area contributed by atoms with Crippen LogP contribution in [0.25, 0.3) is 10.9 Å². The van der Waals surface area contributed by atoms with Gasteiger partial charge in [0.1, 0.15) is 0 Å². The van der Waals surface area contributed by atoms with Gasteiger partial charge in [-0.15, -0.1) is 0 Å². The Balaban J connectivity index is 2.00. The van der Waals surface area contributed by atoms with Crippen LogP contribution in [0.4, 0.5) is 5.69 Å². The number of anilines is 1. The van der Waals surface area contributed by atoms with Gasteiger partial charge in [-0.25, -0.2) is 0 Å². The molecule has 0 spiro atoms. The van der Waals surface area contributed by atoms with Gasteiger partial charge in [0.25, 0.3) is 0 Å². The number of hydrogen-bond acceptors (Lipinski definition) is 4. The topological polar surface area (TPSA) is 37.3 Å². The van der Waals surface area contributed by atoms with Gasteiger partial charge in [-0.3, -0.25) is 9.98 Å². The van der Waals surface area contributed by atoms with Crippen LogP contribution in [-0.4, -0.2) is 22.4 Å². The molecule has 92 valence electrons. The van der Waals surface area contributed by atoms with E-state index >= 15 is 0 Å². The van der Waals surface area contributed by atoms with Gasteiger partial charge in [-0.05, 0) is 25.5 Å². The first kappa shape index (κ1) is 11.5. The van der Waals surface area contributed by atoms with Crippen LogP contribution in [-0.2, 0) is 0 Å². The number of hydrogen-bond donors (Lipinski definition) is 1. The largest absolute Gasteiger partial charge is 0.333 e. The van der Waals surface area contributed by atoms with Crippen LogP contribution >= 0.6 is 11.8 Å². The molecule has 4 heteroatoms. The van der Waals surface area contributed by atoms with Crippen molar-refractivity contribution in [3.63, 3.8) is 0 Å². The number of rotatable bonds is 1. The average Bonchev–Trinajstić information content (AvgIpc) is 2.41. The number of aryl methyl sites for hydroxylation is 1. The standard InChI is InChI=1S/C14H15N3S/c1-10-6-7-11-4-2-5-12(13(11)16-10)17-14-15-8-3-9-18-14/h2,4-7H,3,8-9H2,1H3,(H,15,17). The lowest BCUT2D eigenvalue weighted by molar-refractivity contribution is 0.938. The third kappa shape index (κ3) is 2.34. The summed E-state index contributed by atoms with van der Waals surface area (Å²) < 4.78 is 0. The van der Waals surface area contributed by atoms with E-state index < -0.39 is 0 Å². The highest BCUT2D eigenvalue weighted by molar-refractivity contribution is 8.14. The van der Waals surface area contributed by atoms with Gasteiger partial charge in [-0.2, -0.15) is 0 Å². The Kier molecular flexibility index (Phi) is 3.19. The molecule has 1 aromatic carbocycles. The summed E-state index contributed by atoms with van der Waals surface area (Å²) in [5.41, 5.74) is 3.10. The summed E-state index contributed by atoms with van der Waals surface area (Å²) in [7, 11) is 0. The number of pyridine rings is 1. The minimum Gasteiger partial charge on any atom is -0.333 e. The van der Waals surface area contributed by atoms with Crippen molar-refractivity contribution in [2.75, 3.05) is 17.6 Å². The molecule has 0 aliphatic carbocycles. The summed E-state index contributed by atoms with van der Waals surface area (Å²) in [5.74, 6) is 1.14. The second-order valence-electron chi connectivity index (χ2n) is 4.34. The molecule has 0 atom stereocenters. The molecule has 0 radical (unpaired) electrons. The molecule has 0 fully saturated rings. The summed E-state index contributed by atoms with van der Waals surface area (Å²) in [5, 5.41) is 5.57. The first-order valence-electron chi connectivity index (χ1n) is 6.13. The lowest BCUT2D eigenvalue weighted by Gasteiger charge is -2.14. The summed E-state index contributed by atoms with van der Waals surface area (Å²) in [6.07, 6.45) is 1.17. The molecule has 0 unspecified atom stereocenters. The highest BCUT2D eigenvalue weighted by Crippen LogP contribution is 2.24. The number of aromatic nitrogens is 1. The average molecular weight is 257 g/mol. The fraction of sp³-hybridized carbons (Fsp3) is 0.286. The van der Waals surface area contributed by atoms with Crippen molar-refractivity contribution >= 4 is 33.5 Å². The normalized spacial score (nSPS) is 15.5. The van der Waals surface area contributed by atoms with Crippen molar-refractivity contribution in [2.24, 2.45) is 4.99 Å². The van der Waals surface area contributed by atoms with Crippen LogP contribution < -0.4 is 5.32 Å². The lowest BCUT2D eigenvalue weighted by Crippen LogP contribution is -2.13. The molecule has 1 aliphatic heterocycles. The quantitative estimate of drug-likeness (QED) is 0.850. The van der Waals surface area contributed by atoms with E-state index in [1.165, 1.54) is 6.42 Å². The van der Waals surface area contributed by atoms with E-state index in [-0.39, 0.29) is 0 Å². The van der Waals surface area contributed by atoms with E-state index in [1.807, 2.05) is 13.0 Å². The molecule has 0 bridgehead atoms. The molecular weight excluding hydrogens is 242 g/mol. The minimum atomic E-state index is 0.923. The molecule has 0 saturated heterocycles. The number of amidine groups is 1. The molecule has 3 rings (SSSR count). The highest BCUT2D eigenvalue weighted by Gasteiger charge is 2.08. The zero-order chi connectivity index (χ0) is 12.4.